The van der Waals surface area contributed by atoms with E-state index in [4.69, 9.17) is 10.5 Å². The van der Waals surface area contributed by atoms with Gasteiger partial charge < -0.3 is 10.5 Å². The summed E-state index contributed by atoms with van der Waals surface area (Å²) in [6, 6.07) is 13.6. The third kappa shape index (κ3) is 1.68. The van der Waals surface area contributed by atoms with Crippen LogP contribution in [0.5, 0.6) is 5.75 Å². The number of fused-ring (bicyclic) bond motifs is 1. The van der Waals surface area contributed by atoms with Crippen molar-refractivity contribution in [3.05, 3.63) is 42.5 Å². The highest BCUT2D eigenvalue weighted by atomic mass is 16.5. The standard InChI is InChI=1S/C14H13N3O/c1-18-11-5-2-9(3-6-11)14-12-7-4-10(15)8-13(12)16-17-14/h2-8H,15H2,1H3,(H,16,17). The van der Waals surface area contributed by atoms with E-state index in [9.17, 15) is 0 Å². The molecule has 90 valence electrons. The number of hydrogen-bond donors (Lipinski definition) is 2. The number of aromatic amines is 1. The van der Waals surface area contributed by atoms with E-state index in [1.165, 1.54) is 0 Å². The maximum atomic E-state index is 5.75. The summed E-state index contributed by atoms with van der Waals surface area (Å²) in [5.74, 6) is 0.836. The Bertz CT molecular complexity index is 686. The fraction of sp³-hybridized carbons (Fsp3) is 0.0714. The molecule has 0 amide bonds. The van der Waals surface area contributed by atoms with Crippen LogP contribution in [-0.4, -0.2) is 17.3 Å². The van der Waals surface area contributed by atoms with Crippen molar-refractivity contribution >= 4 is 16.6 Å². The molecule has 18 heavy (non-hydrogen) atoms. The molecule has 4 nitrogen and oxygen atoms in total. The minimum Gasteiger partial charge on any atom is -0.497 e. The van der Waals surface area contributed by atoms with Crippen LogP contribution in [0.15, 0.2) is 42.5 Å². The molecule has 0 saturated heterocycles. The number of ether oxygens (including phenoxy) is 1. The third-order valence-corrected chi connectivity index (χ3v) is 2.95. The number of nitrogens with two attached hydrogens (primary N) is 1. The Hall–Kier alpha value is -2.49. The van der Waals surface area contributed by atoms with Crippen LogP contribution in [0.25, 0.3) is 22.2 Å². The summed E-state index contributed by atoms with van der Waals surface area (Å²) in [6.45, 7) is 0. The third-order valence-electron chi connectivity index (χ3n) is 2.95. The average molecular weight is 239 g/mol. The van der Waals surface area contributed by atoms with Crippen molar-refractivity contribution in [2.24, 2.45) is 0 Å². The molecule has 0 aliphatic carbocycles. The van der Waals surface area contributed by atoms with E-state index in [0.29, 0.717) is 0 Å². The second-order valence-corrected chi connectivity index (χ2v) is 4.11. The number of methoxy groups -OCH3 is 1. The molecule has 0 unspecified atom stereocenters. The normalized spacial score (nSPS) is 10.7. The van der Waals surface area contributed by atoms with Crippen molar-refractivity contribution in [1.82, 2.24) is 10.2 Å². The zero-order chi connectivity index (χ0) is 12.5. The van der Waals surface area contributed by atoms with Gasteiger partial charge in [-0.05, 0) is 42.5 Å². The first kappa shape index (κ1) is 10.7. The SMILES string of the molecule is COc1ccc(-c2n[nH]c3cc(N)ccc23)cc1. The van der Waals surface area contributed by atoms with Gasteiger partial charge in [0, 0.05) is 16.6 Å². The highest BCUT2D eigenvalue weighted by Gasteiger charge is 2.08. The molecule has 3 N–H and O–H groups in total. The number of nitrogen functional groups attached to an aromatic ring is 1. The predicted molar refractivity (Wildman–Crippen MR) is 72.5 cm³/mol. The number of nitrogens with zero attached hydrogens (tertiary/aromatic N) is 1. The first-order chi connectivity index (χ1) is 8.78. The molecule has 1 heterocycles. The van der Waals surface area contributed by atoms with Crippen LogP contribution in [0.2, 0.25) is 0 Å². The zero-order valence-corrected chi connectivity index (χ0v) is 9.97. The number of hydrogen-bond acceptors (Lipinski definition) is 3. The van der Waals surface area contributed by atoms with Crippen LogP contribution in [0.3, 0.4) is 0 Å². The largest absolute Gasteiger partial charge is 0.497 e. The monoisotopic (exact) mass is 239 g/mol. The number of H-pyrrole nitrogens is 1. The molecule has 4 heteroatoms. The number of nitrogens with one attached hydrogen (secondary N) is 1. The quantitative estimate of drug-likeness (QED) is 0.676. The second-order valence-electron chi connectivity index (χ2n) is 4.11. The fourth-order valence-corrected chi connectivity index (χ4v) is 2.01. The van der Waals surface area contributed by atoms with Crippen LogP contribution >= 0.6 is 0 Å². The lowest BCUT2D eigenvalue weighted by molar-refractivity contribution is 0.415. The fourth-order valence-electron chi connectivity index (χ4n) is 2.01. The number of aromatic nitrogens is 2. The van der Waals surface area contributed by atoms with Crippen molar-refractivity contribution in [1.29, 1.82) is 0 Å². The van der Waals surface area contributed by atoms with Gasteiger partial charge in [-0.2, -0.15) is 5.10 Å². The smallest absolute Gasteiger partial charge is 0.118 e. The van der Waals surface area contributed by atoms with Gasteiger partial charge in [-0.25, -0.2) is 0 Å². The van der Waals surface area contributed by atoms with E-state index < -0.39 is 0 Å². The van der Waals surface area contributed by atoms with E-state index in [-0.39, 0.29) is 0 Å². The highest BCUT2D eigenvalue weighted by molar-refractivity contribution is 5.94. The molecule has 0 fully saturated rings. The highest BCUT2D eigenvalue weighted by Crippen LogP contribution is 2.28. The predicted octanol–water partition coefficient (Wildman–Crippen LogP) is 2.82. The van der Waals surface area contributed by atoms with Crippen molar-refractivity contribution in [3.63, 3.8) is 0 Å². The molecule has 3 rings (SSSR count). The lowest BCUT2D eigenvalue weighted by atomic mass is 10.1. The summed E-state index contributed by atoms with van der Waals surface area (Å²) in [6.07, 6.45) is 0. The van der Waals surface area contributed by atoms with Crippen LogP contribution < -0.4 is 10.5 Å². The van der Waals surface area contributed by atoms with E-state index >= 15 is 0 Å². The van der Waals surface area contributed by atoms with Crippen LogP contribution in [0.4, 0.5) is 5.69 Å². The van der Waals surface area contributed by atoms with Crippen molar-refractivity contribution in [3.8, 4) is 17.0 Å². The Labute approximate surface area is 104 Å². The first-order valence-electron chi connectivity index (χ1n) is 5.66. The van der Waals surface area contributed by atoms with Gasteiger partial charge in [-0.3, -0.25) is 5.10 Å². The summed E-state index contributed by atoms with van der Waals surface area (Å²) in [5.41, 5.74) is 9.39. The topological polar surface area (TPSA) is 63.9 Å². The molecule has 2 aromatic carbocycles. The first-order valence-corrected chi connectivity index (χ1v) is 5.66. The Kier molecular flexibility index (Phi) is 2.41. The van der Waals surface area contributed by atoms with Crippen LogP contribution in [-0.2, 0) is 0 Å². The maximum Gasteiger partial charge on any atom is 0.118 e. The molecule has 3 aromatic rings. The van der Waals surface area contributed by atoms with Gasteiger partial charge in [0.05, 0.1) is 18.3 Å². The average Bonchev–Trinajstić information content (AvgIpc) is 2.81. The molecular formula is C14H13N3O. The van der Waals surface area contributed by atoms with Gasteiger partial charge in [-0.1, -0.05) is 0 Å². The molecule has 0 spiro atoms. The number of benzene rings is 2. The lowest BCUT2D eigenvalue weighted by Gasteiger charge is -2.01. The summed E-state index contributed by atoms with van der Waals surface area (Å²) < 4.78 is 5.14. The van der Waals surface area contributed by atoms with Gasteiger partial charge in [-0.15, -0.1) is 0 Å². The van der Waals surface area contributed by atoms with Crippen LogP contribution in [0.1, 0.15) is 0 Å². The van der Waals surface area contributed by atoms with Crippen molar-refractivity contribution in [2.75, 3.05) is 12.8 Å². The van der Waals surface area contributed by atoms with E-state index in [2.05, 4.69) is 10.2 Å². The molecule has 0 aliphatic rings. The van der Waals surface area contributed by atoms with Gasteiger partial charge in [0.2, 0.25) is 0 Å². The van der Waals surface area contributed by atoms with E-state index in [1.807, 2.05) is 42.5 Å². The van der Waals surface area contributed by atoms with Gasteiger partial charge in [0.25, 0.3) is 0 Å². The van der Waals surface area contributed by atoms with Crippen molar-refractivity contribution in [2.45, 2.75) is 0 Å². The maximum absolute atomic E-state index is 5.75. The van der Waals surface area contributed by atoms with E-state index in [0.717, 1.165) is 33.6 Å². The molecule has 0 saturated carbocycles. The molecule has 0 bridgehead atoms. The Balaban J connectivity index is 2.13. The van der Waals surface area contributed by atoms with Crippen molar-refractivity contribution < 1.29 is 4.74 Å². The van der Waals surface area contributed by atoms with Gasteiger partial charge in [0.1, 0.15) is 5.75 Å². The molecule has 0 aliphatic heterocycles. The summed E-state index contributed by atoms with van der Waals surface area (Å²) >= 11 is 0. The minimum absolute atomic E-state index is 0.729. The number of rotatable bonds is 2. The van der Waals surface area contributed by atoms with Crippen LogP contribution in [0, 0.1) is 0 Å². The Morgan fingerprint density at radius 1 is 1.11 bits per heavy atom. The van der Waals surface area contributed by atoms with Gasteiger partial charge in [0.15, 0.2) is 0 Å². The summed E-state index contributed by atoms with van der Waals surface area (Å²) in [7, 11) is 1.65. The minimum atomic E-state index is 0.729. The summed E-state index contributed by atoms with van der Waals surface area (Å²) in [5, 5.41) is 8.40. The molecule has 0 atom stereocenters. The van der Waals surface area contributed by atoms with Gasteiger partial charge >= 0.3 is 0 Å². The second kappa shape index (κ2) is 4.07. The summed E-state index contributed by atoms with van der Waals surface area (Å²) in [4.78, 5) is 0. The number of anilines is 1. The molecular weight excluding hydrogens is 226 g/mol. The molecule has 1 aromatic heterocycles. The Morgan fingerprint density at radius 3 is 2.61 bits per heavy atom. The molecule has 0 radical (unpaired) electrons. The lowest BCUT2D eigenvalue weighted by Crippen LogP contribution is -1.84. The Morgan fingerprint density at radius 2 is 1.89 bits per heavy atom. The zero-order valence-electron chi connectivity index (χ0n) is 9.97. The van der Waals surface area contributed by atoms with E-state index in [1.54, 1.807) is 7.11 Å².